The van der Waals surface area contributed by atoms with E-state index in [-0.39, 0.29) is 5.54 Å². The molecule has 0 aliphatic heterocycles. The van der Waals surface area contributed by atoms with E-state index in [1.165, 1.54) is 18.4 Å². The molecule has 104 valence electrons. The van der Waals surface area contributed by atoms with Crippen molar-refractivity contribution in [1.82, 2.24) is 5.32 Å². The molecule has 0 fully saturated rings. The maximum Gasteiger partial charge on any atom is 0.00967 e. The van der Waals surface area contributed by atoms with Crippen molar-refractivity contribution in [3.63, 3.8) is 0 Å². The lowest BCUT2D eigenvalue weighted by Gasteiger charge is -2.25. The average Bonchev–Trinajstić information content (AvgIpc) is 2.38. The first kappa shape index (κ1) is 15.8. The van der Waals surface area contributed by atoms with Crippen LogP contribution in [-0.4, -0.2) is 12.1 Å². The predicted octanol–water partition coefficient (Wildman–Crippen LogP) is 4.35. The van der Waals surface area contributed by atoms with Crippen LogP contribution >= 0.6 is 0 Å². The zero-order chi connectivity index (χ0) is 14.1. The lowest BCUT2D eigenvalue weighted by atomic mass is 9.92. The van der Waals surface area contributed by atoms with E-state index in [9.17, 15) is 0 Å². The van der Waals surface area contributed by atoms with Crippen LogP contribution in [0.15, 0.2) is 30.3 Å². The van der Waals surface area contributed by atoms with Gasteiger partial charge in [-0.2, -0.15) is 0 Å². The first-order valence-electron chi connectivity index (χ1n) is 7.22. The van der Waals surface area contributed by atoms with E-state index >= 15 is 0 Å². The molecule has 1 heteroatoms. The average molecular weight is 257 g/mol. The standard InChI is InChI=1S/C18H27N/c1-5-6-7-9-14-17(15-19-18(2,3)4)16-12-10-8-11-13-16/h8,10-13,17,19H,7,9,14-15H2,1-4H3. The lowest BCUT2D eigenvalue weighted by Crippen LogP contribution is -2.38. The maximum absolute atomic E-state index is 3.63. The molecule has 0 saturated heterocycles. The zero-order valence-corrected chi connectivity index (χ0v) is 12.8. The first-order valence-corrected chi connectivity index (χ1v) is 7.22. The molecule has 1 nitrogen and oxygen atoms in total. The molecule has 0 aliphatic rings. The van der Waals surface area contributed by atoms with Gasteiger partial charge in [-0.25, -0.2) is 0 Å². The number of rotatable bonds is 6. The van der Waals surface area contributed by atoms with E-state index in [2.05, 4.69) is 68.3 Å². The fourth-order valence-corrected chi connectivity index (χ4v) is 2.10. The second kappa shape index (κ2) is 8.02. The Kier molecular flexibility index (Phi) is 6.67. The molecule has 0 radical (unpaired) electrons. The molecule has 0 aliphatic carbocycles. The van der Waals surface area contributed by atoms with E-state index in [4.69, 9.17) is 0 Å². The SMILES string of the molecule is CC#CCCCC(CNC(C)(C)C)c1ccccc1. The van der Waals surface area contributed by atoms with Crippen LogP contribution in [0.3, 0.4) is 0 Å². The van der Waals surface area contributed by atoms with E-state index in [0.29, 0.717) is 5.92 Å². The molecule has 1 rings (SSSR count). The quantitative estimate of drug-likeness (QED) is 0.590. The molecule has 1 unspecified atom stereocenters. The summed E-state index contributed by atoms with van der Waals surface area (Å²) < 4.78 is 0. The molecule has 0 aromatic heterocycles. The van der Waals surface area contributed by atoms with Crippen LogP contribution in [0.1, 0.15) is 58.4 Å². The smallest absolute Gasteiger partial charge is 0.00967 e. The maximum atomic E-state index is 3.63. The van der Waals surface area contributed by atoms with Crippen LogP contribution in [0.25, 0.3) is 0 Å². The molecular formula is C18H27N. The Morgan fingerprint density at radius 3 is 2.42 bits per heavy atom. The van der Waals surface area contributed by atoms with E-state index < -0.39 is 0 Å². The number of hydrogen-bond acceptors (Lipinski definition) is 1. The highest BCUT2D eigenvalue weighted by Crippen LogP contribution is 2.22. The molecule has 0 bridgehead atoms. The van der Waals surface area contributed by atoms with Crippen molar-refractivity contribution in [2.24, 2.45) is 0 Å². The Morgan fingerprint density at radius 2 is 1.84 bits per heavy atom. The van der Waals surface area contributed by atoms with Crippen LogP contribution in [0.4, 0.5) is 0 Å². The summed E-state index contributed by atoms with van der Waals surface area (Å²) in [5.74, 6) is 6.71. The summed E-state index contributed by atoms with van der Waals surface area (Å²) in [4.78, 5) is 0. The van der Waals surface area contributed by atoms with Crippen molar-refractivity contribution >= 4 is 0 Å². The molecule has 1 atom stereocenters. The highest BCUT2D eigenvalue weighted by molar-refractivity contribution is 5.20. The van der Waals surface area contributed by atoms with Gasteiger partial charge in [0.2, 0.25) is 0 Å². The molecule has 1 aromatic carbocycles. The lowest BCUT2D eigenvalue weighted by molar-refractivity contribution is 0.397. The summed E-state index contributed by atoms with van der Waals surface area (Å²) in [5, 5.41) is 3.63. The summed E-state index contributed by atoms with van der Waals surface area (Å²) in [5.41, 5.74) is 1.61. The minimum atomic E-state index is 0.177. The number of benzene rings is 1. The van der Waals surface area contributed by atoms with Gasteiger partial charge in [-0.1, -0.05) is 30.3 Å². The van der Waals surface area contributed by atoms with Gasteiger partial charge >= 0.3 is 0 Å². The van der Waals surface area contributed by atoms with Gasteiger partial charge in [-0.3, -0.25) is 0 Å². The van der Waals surface area contributed by atoms with Crippen LogP contribution in [0.5, 0.6) is 0 Å². The van der Waals surface area contributed by atoms with Crippen molar-refractivity contribution in [2.75, 3.05) is 6.54 Å². The molecule has 0 saturated carbocycles. The second-order valence-electron chi connectivity index (χ2n) is 6.06. The predicted molar refractivity (Wildman–Crippen MR) is 84.2 cm³/mol. The third kappa shape index (κ3) is 7.03. The Bertz CT molecular complexity index is 403. The number of unbranched alkanes of at least 4 members (excludes halogenated alkanes) is 1. The van der Waals surface area contributed by atoms with Crippen LogP contribution < -0.4 is 5.32 Å². The van der Waals surface area contributed by atoms with Gasteiger partial charge in [-0.05, 0) is 52.0 Å². The topological polar surface area (TPSA) is 12.0 Å². The number of nitrogens with one attached hydrogen (secondary N) is 1. The van der Waals surface area contributed by atoms with Gasteiger partial charge in [0, 0.05) is 18.5 Å². The van der Waals surface area contributed by atoms with Gasteiger partial charge in [0.1, 0.15) is 0 Å². The van der Waals surface area contributed by atoms with Gasteiger partial charge in [0.15, 0.2) is 0 Å². The zero-order valence-electron chi connectivity index (χ0n) is 12.8. The Labute approximate surface area is 118 Å². The Balaban J connectivity index is 2.59. The fraction of sp³-hybridized carbons (Fsp3) is 0.556. The molecule has 1 aromatic rings. The summed E-state index contributed by atoms with van der Waals surface area (Å²) in [7, 11) is 0. The van der Waals surface area contributed by atoms with Crippen LogP contribution in [-0.2, 0) is 0 Å². The van der Waals surface area contributed by atoms with Crippen molar-refractivity contribution in [3.05, 3.63) is 35.9 Å². The van der Waals surface area contributed by atoms with E-state index in [0.717, 1.165) is 13.0 Å². The third-order valence-corrected chi connectivity index (χ3v) is 3.18. The van der Waals surface area contributed by atoms with Gasteiger partial charge in [-0.15, -0.1) is 11.8 Å². The Hall–Kier alpha value is -1.26. The fourth-order valence-electron chi connectivity index (χ4n) is 2.10. The minimum Gasteiger partial charge on any atom is -0.311 e. The van der Waals surface area contributed by atoms with Crippen molar-refractivity contribution < 1.29 is 0 Å². The Morgan fingerprint density at radius 1 is 1.16 bits per heavy atom. The summed E-state index contributed by atoms with van der Waals surface area (Å²) in [6, 6.07) is 10.8. The number of hydrogen-bond donors (Lipinski definition) is 1. The highest BCUT2D eigenvalue weighted by atomic mass is 14.9. The minimum absolute atomic E-state index is 0.177. The molecule has 19 heavy (non-hydrogen) atoms. The summed E-state index contributed by atoms with van der Waals surface area (Å²) >= 11 is 0. The first-order chi connectivity index (χ1) is 9.03. The highest BCUT2D eigenvalue weighted by Gasteiger charge is 2.15. The second-order valence-corrected chi connectivity index (χ2v) is 6.06. The summed E-state index contributed by atoms with van der Waals surface area (Å²) in [6.45, 7) is 9.61. The monoisotopic (exact) mass is 257 g/mol. The molecule has 1 N–H and O–H groups in total. The summed E-state index contributed by atoms with van der Waals surface area (Å²) in [6.07, 6.45) is 3.38. The normalized spacial score (nSPS) is 12.6. The van der Waals surface area contributed by atoms with Crippen molar-refractivity contribution in [3.8, 4) is 11.8 Å². The van der Waals surface area contributed by atoms with Gasteiger partial charge in [0.05, 0.1) is 0 Å². The molecule has 0 amide bonds. The molecule has 0 heterocycles. The molecular weight excluding hydrogens is 230 g/mol. The van der Waals surface area contributed by atoms with E-state index in [1.807, 2.05) is 6.92 Å². The van der Waals surface area contributed by atoms with Crippen LogP contribution in [0, 0.1) is 11.8 Å². The van der Waals surface area contributed by atoms with E-state index in [1.54, 1.807) is 0 Å². The molecule has 0 spiro atoms. The third-order valence-electron chi connectivity index (χ3n) is 3.18. The van der Waals surface area contributed by atoms with Crippen molar-refractivity contribution in [2.45, 2.75) is 58.4 Å². The largest absolute Gasteiger partial charge is 0.311 e. The van der Waals surface area contributed by atoms with Gasteiger partial charge in [0.25, 0.3) is 0 Å². The van der Waals surface area contributed by atoms with Crippen LogP contribution in [0.2, 0.25) is 0 Å². The van der Waals surface area contributed by atoms with Gasteiger partial charge < -0.3 is 5.32 Å². The van der Waals surface area contributed by atoms with Crippen molar-refractivity contribution in [1.29, 1.82) is 0 Å².